The maximum absolute atomic E-state index is 6.09. The van der Waals surface area contributed by atoms with Gasteiger partial charge in [-0.1, -0.05) is 5.16 Å². The van der Waals surface area contributed by atoms with Crippen molar-refractivity contribution < 1.29 is 4.52 Å². The third-order valence-electron chi connectivity index (χ3n) is 3.69. The second kappa shape index (κ2) is 3.38. The smallest absolute Gasteiger partial charge is 0.259 e. The Hall–Kier alpha value is -1.75. The third kappa shape index (κ3) is 1.62. The summed E-state index contributed by atoms with van der Waals surface area (Å²) in [4.78, 5) is 8.81. The molecular formula is C13H14N4O. The molecule has 2 aromatic heterocycles. The number of hydrogen-bond acceptors (Lipinski definition) is 5. The predicted octanol–water partition coefficient (Wildman–Crippen LogP) is 1.96. The van der Waals surface area contributed by atoms with Crippen LogP contribution in [0.5, 0.6) is 0 Å². The summed E-state index contributed by atoms with van der Waals surface area (Å²) in [5, 5.41) is 4.00. The minimum absolute atomic E-state index is 0.188. The standard InChI is InChI=1S/C13H14N4O/c14-13(5-6-13)10-4-3-9(7-15-10)12-16-11(17-18-12)8-1-2-8/h3-4,7-8H,1-2,5-6,14H2. The topological polar surface area (TPSA) is 77.8 Å². The highest BCUT2D eigenvalue weighted by Crippen LogP contribution is 2.42. The van der Waals surface area contributed by atoms with E-state index in [1.54, 1.807) is 6.20 Å². The van der Waals surface area contributed by atoms with Crippen LogP contribution in [0, 0.1) is 0 Å². The Labute approximate surface area is 104 Å². The van der Waals surface area contributed by atoms with Crippen LogP contribution in [0.1, 0.15) is 43.1 Å². The van der Waals surface area contributed by atoms with Crippen LogP contribution < -0.4 is 5.73 Å². The van der Waals surface area contributed by atoms with E-state index in [1.807, 2.05) is 12.1 Å². The van der Waals surface area contributed by atoms with Crippen molar-refractivity contribution >= 4 is 0 Å². The fourth-order valence-corrected chi connectivity index (χ4v) is 2.07. The highest BCUT2D eigenvalue weighted by atomic mass is 16.5. The van der Waals surface area contributed by atoms with Crippen LogP contribution >= 0.6 is 0 Å². The Morgan fingerprint density at radius 3 is 2.72 bits per heavy atom. The maximum Gasteiger partial charge on any atom is 0.259 e. The highest BCUT2D eigenvalue weighted by Gasteiger charge is 2.41. The van der Waals surface area contributed by atoms with Crippen molar-refractivity contribution in [2.24, 2.45) is 5.73 Å². The molecule has 2 N–H and O–H groups in total. The molecule has 2 aliphatic carbocycles. The average molecular weight is 242 g/mol. The lowest BCUT2D eigenvalue weighted by atomic mass is 10.1. The number of hydrogen-bond donors (Lipinski definition) is 1. The lowest BCUT2D eigenvalue weighted by molar-refractivity contribution is 0.422. The molecule has 0 aromatic carbocycles. The van der Waals surface area contributed by atoms with E-state index in [0.29, 0.717) is 11.8 Å². The van der Waals surface area contributed by atoms with Gasteiger partial charge in [0.15, 0.2) is 5.82 Å². The first-order valence-electron chi connectivity index (χ1n) is 6.34. The summed E-state index contributed by atoms with van der Waals surface area (Å²) < 4.78 is 5.26. The Bertz CT molecular complexity index is 581. The van der Waals surface area contributed by atoms with E-state index in [2.05, 4.69) is 15.1 Å². The normalized spacial score (nSPS) is 20.9. The zero-order valence-electron chi connectivity index (χ0n) is 9.97. The van der Waals surface area contributed by atoms with Gasteiger partial charge in [-0.15, -0.1) is 0 Å². The Morgan fingerprint density at radius 1 is 1.28 bits per heavy atom. The predicted molar refractivity (Wildman–Crippen MR) is 64.6 cm³/mol. The minimum Gasteiger partial charge on any atom is -0.334 e. The first-order valence-corrected chi connectivity index (χ1v) is 6.34. The molecule has 2 fully saturated rings. The van der Waals surface area contributed by atoms with Gasteiger partial charge in [-0.3, -0.25) is 4.98 Å². The molecule has 0 radical (unpaired) electrons. The number of pyridine rings is 1. The summed E-state index contributed by atoms with van der Waals surface area (Å²) >= 11 is 0. The van der Waals surface area contributed by atoms with Gasteiger partial charge in [-0.25, -0.2) is 0 Å². The quantitative estimate of drug-likeness (QED) is 0.890. The zero-order chi connectivity index (χ0) is 12.2. The summed E-state index contributed by atoms with van der Waals surface area (Å²) in [6.45, 7) is 0. The summed E-state index contributed by atoms with van der Waals surface area (Å²) in [6, 6.07) is 3.92. The van der Waals surface area contributed by atoms with E-state index in [1.165, 1.54) is 12.8 Å². The van der Waals surface area contributed by atoms with Crippen molar-refractivity contribution in [1.29, 1.82) is 0 Å². The summed E-state index contributed by atoms with van der Waals surface area (Å²) in [5.74, 6) is 1.89. The summed E-state index contributed by atoms with van der Waals surface area (Å²) in [6.07, 6.45) is 6.15. The summed E-state index contributed by atoms with van der Waals surface area (Å²) in [7, 11) is 0. The second-order valence-electron chi connectivity index (χ2n) is 5.32. The average Bonchev–Trinajstić information content (AvgIpc) is 3.32. The molecule has 18 heavy (non-hydrogen) atoms. The van der Waals surface area contributed by atoms with Crippen LogP contribution in [-0.2, 0) is 5.54 Å². The van der Waals surface area contributed by atoms with Gasteiger partial charge in [0, 0.05) is 12.1 Å². The van der Waals surface area contributed by atoms with Crippen molar-refractivity contribution in [3.05, 3.63) is 29.8 Å². The molecule has 0 saturated heterocycles. The Morgan fingerprint density at radius 2 is 2.11 bits per heavy atom. The van der Waals surface area contributed by atoms with E-state index in [9.17, 15) is 0 Å². The van der Waals surface area contributed by atoms with E-state index in [4.69, 9.17) is 10.3 Å². The van der Waals surface area contributed by atoms with Crippen LogP contribution in [0.25, 0.3) is 11.5 Å². The molecule has 0 atom stereocenters. The van der Waals surface area contributed by atoms with Gasteiger partial charge in [-0.05, 0) is 37.8 Å². The Kier molecular flexibility index (Phi) is 1.92. The minimum atomic E-state index is -0.188. The fraction of sp³-hybridized carbons (Fsp3) is 0.462. The highest BCUT2D eigenvalue weighted by molar-refractivity contribution is 5.51. The molecule has 2 heterocycles. The van der Waals surface area contributed by atoms with E-state index < -0.39 is 0 Å². The van der Waals surface area contributed by atoms with Crippen LogP contribution in [0.15, 0.2) is 22.9 Å². The fourth-order valence-electron chi connectivity index (χ4n) is 2.07. The van der Waals surface area contributed by atoms with Gasteiger partial charge in [0.25, 0.3) is 5.89 Å². The molecule has 0 spiro atoms. The van der Waals surface area contributed by atoms with Crippen LogP contribution in [0.3, 0.4) is 0 Å². The van der Waals surface area contributed by atoms with Gasteiger partial charge in [-0.2, -0.15) is 4.98 Å². The number of nitrogens with two attached hydrogens (primary N) is 1. The van der Waals surface area contributed by atoms with Gasteiger partial charge in [0.1, 0.15) is 0 Å². The lowest BCUT2D eigenvalue weighted by Crippen LogP contribution is -2.19. The van der Waals surface area contributed by atoms with E-state index >= 15 is 0 Å². The van der Waals surface area contributed by atoms with Crippen LogP contribution in [0.4, 0.5) is 0 Å². The molecule has 5 nitrogen and oxygen atoms in total. The molecule has 0 unspecified atom stereocenters. The molecular weight excluding hydrogens is 228 g/mol. The first kappa shape index (κ1) is 10.2. The molecule has 2 aliphatic rings. The first-order chi connectivity index (χ1) is 8.74. The SMILES string of the molecule is NC1(c2ccc(-c3nc(C4CC4)no3)cn2)CC1. The van der Waals surface area contributed by atoms with E-state index in [-0.39, 0.29) is 5.54 Å². The number of aromatic nitrogens is 3. The van der Waals surface area contributed by atoms with Crippen molar-refractivity contribution in [2.75, 3.05) is 0 Å². The number of nitrogens with zero attached hydrogens (tertiary/aromatic N) is 3. The monoisotopic (exact) mass is 242 g/mol. The van der Waals surface area contributed by atoms with E-state index in [0.717, 1.165) is 29.9 Å². The zero-order valence-corrected chi connectivity index (χ0v) is 9.97. The molecule has 0 bridgehead atoms. The molecule has 5 heteroatoms. The Balaban J connectivity index is 1.63. The molecule has 92 valence electrons. The van der Waals surface area contributed by atoms with Gasteiger partial charge in [0.2, 0.25) is 0 Å². The van der Waals surface area contributed by atoms with Crippen molar-refractivity contribution in [3.63, 3.8) is 0 Å². The third-order valence-corrected chi connectivity index (χ3v) is 3.69. The summed E-state index contributed by atoms with van der Waals surface area (Å²) in [5.41, 5.74) is 7.72. The molecule has 2 aromatic rings. The maximum atomic E-state index is 6.09. The van der Waals surface area contributed by atoms with Gasteiger partial charge in [0.05, 0.1) is 16.8 Å². The largest absolute Gasteiger partial charge is 0.334 e. The van der Waals surface area contributed by atoms with Crippen molar-refractivity contribution in [3.8, 4) is 11.5 Å². The van der Waals surface area contributed by atoms with Crippen molar-refractivity contribution in [1.82, 2.24) is 15.1 Å². The molecule has 0 amide bonds. The second-order valence-corrected chi connectivity index (χ2v) is 5.32. The van der Waals surface area contributed by atoms with Crippen LogP contribution in [0.2, 0.25) is 0 Å². The number of rotatable bonds is 3. The lowest BCUT2D eigenvalue weighted by Gasteiger charge is -2.06. The van der Waals surface area contributed by atoms with Gasteiger partial charge >= 0.3 is 0 Å². The molecule has 4 rings (SSSR count). The molecule has 0 aliphatic heterocycles. The van der Waals surface area contributed by atoms with Crippen LogP contribution in [-0.4, -0.2) is 15.1 Å². The molecule has 2 saturated carbocycles. The van der Waals surface area contributed by atoms with Gasteiger partial charge < -0.3 is 10.3 Å². The van der Waals surface area contributed by atoms with Crippen molar-refractivity contribution in [2.45, 2.75) is 37.1 Å².